The molecule has 1 aromatic rings. The van der Waals surface area contributed by atoms with Crippen molar-refractivity contribution in [2.24, 2.45) is 11.5 Å². The van der Waals surface area contributed by atoms with Crippen molar-refractivity contribution in [2.45, 2.75) is 6.04 Å². The smallest absolute Gasteiger partial charge is 0.288 e. The fourth-order valence-corrected chi connectivity index (χ4v) is 1.00. The van der Waals surface area contributed by atoms with Gasteiger partial charge in [-0.25, -0.2) is 4.98 Å². The van der Waals surface area contributed by atoms with Crippen LogP contribution >= 0.6 is 0 Å². The van der Waals surface area contributed by atoms with Gasteiger partial charge in [-0.05, 0) is 0 Å². The summed E-state index contributed by atoms with van der Waals surface area (Å²) >= 11 is 0. The maximum Gasteiger partial charge on any atom is 0.288 e. The molecule has 0 aliphatic heterocycles. The number of nitrogens with zero attached hydrogens (tertiary/aromatic N) is 2. The van der Waals surface area contributed by atoms with E-state index in [2.05, 4.69) is 4.98 Å². The fraction of sp³-hybridized carbons (Fsp3) is 0.286. The summed E-state index contributed by atoms with van der Waals surface area (Å²) in [6.45, 7) is 0.160. The topological polar surface area (TPSA) is 134 Å². The van der Waals surface area contributed by atoms with Gasteiger partial charge in [0.2, 0.25) is 0 Å². The summed E-state index contributed by atoms with van der Waals surface area (Å²) in [4.78, 5) is 13.5. The zero-order valence-corrected chi connectivity index (χ0v) is 7.38. The highest BCUT2D eigenvalue weighted by atomic mass is 16.6. The van der Waals surface area contributed by atoms with Crippen molar-refractivity contribution in [3.05, 3.63) is 27.9 Å². The van der Waals surface area contributed by atoms with Crippen LogP contribution in [0.4, 0.5) is 11.5 Å². The van der Waals surface area contributed by atoms with Gasteiger partial charge in [0.1, 0.15) is 12.0 Å². The average Bonchev–Trinajstić information content (AvgIpc) is 2.17. The molecule has 0 aliphatic carbocycles. The normalized spacial score (nSPS) is 12.4. The lowest BCUT2D eigenvalue weighted by Gasteiger charge is -2.10. The molecular formula is C7H11N5O2. The molecule has 0 bridgehead atoms. The minimum absolute atomic E-state index is 0.141. The van der Waals surface area contributed by atoms with Crippen LogP contribution in [-0.2, 0) is 0 Å². The maximum atomic E-state index is 10.4. The molecule has 0 saturated heterocycles. The highest BCUT2D eigenvalue weighted by molar-refractivity contribution is 5.47. The lowest BCUT2D eigenvalue weighted by Crippen LogP contribution is -2.22. The van der Waals surface area contributed by atoms with Gasteiger partial charge in [0.05, 0.1) is 4.92 Å². The van der Waals surface area contributed by atoms with E-state index in [0.29, 0.717) is 5.56 Å². The molecule has 1 atom stereocenters. The first-order chi connectivity index (χ1) is 6.56. The Morgan fingerprint density at radius 1 is 1.64 bits per heavy atom. The quantitative estimate of drug-likeness (QED) is 0.443. The second kappa shape index (κ2) is 3.99. The van der Waals surface area contributed by atoms with Crippen molar-refractivity contribution in [1.82, 2.24) is 4.98 Å². The minimum Gasteiger partial charge on any atom is -0.383 e. The van der Waals surface area contributed by atoms with Crippen LogP contribution < -0.4 is 17.2 Å². The lowest BCUT2D eigenvalue weighted by atomic mass is 10.1. The van der Waals surface area contributed by atoms with Crippen LogP contribution in [0, 0.1) is 10.1 Å². The zero-order chi connectivity index (χ0) is 10.7. The molecule has 14 heavy (non-hydrogen) atoms. The van der Waals surface area contributed by atoms with Gasteiger partial charge in [-0.3, -0.25) is 10.1 Å². The summed E-state index contributed by atoms with van der Waals surface area (Å²) in [6.07, 6.45) is 1.09. The molecule has 0 saturated carbocycles. The Balaban J connectivity index is 3.14. The third-order valence-electron chi connectivity index (χ3n) is 1.80. The molecule has 1 aromatic heterocycles. The van der Waals surface area contributed by atoms with E-state index in [1.807, 2.05) is 0 Å². The van der Waals surface area contributed by atoms with Gasteiger partial charge in [0.25, 0.3) is 5.69 Å². The third-order valence-corrected chi connectivity index (χ3v) is 1.80. The Bertz CT molecular complexity index is 354. The van der Waals surface area contributed by atoms with Crippen LogP contribution in [0.2, 0.25) is 0 Å². The molecule has 7 heteroatoms. The Kier molecular flexibility index (Phi) is 2.95. The van der Waals surface area contributed by atoms with Crippen LogP contribution in [0.25, 0.3) is 0 Å². The van der Waals surface area contributed by atoms with Crippen LogP contribution in [0.3, 0.4) is 0 Å². The van der Waals surface area contributed by atoms with Gasteiger partial charge in [-0.1, -0.05) is 0 Å². The summed E-state index contributed by atoms with van der Waals surface area (Å²) < 4.78 is 0. The van der Waals surface area contributed by atoms with E-state index >= 15 is 0 Å². The highest BCUT2D eigenvalue weighted by Gasteiger charge is 2.14. The molecule has 7 nitrogen and oxygen atoms in total. The fourth-order valence-electron chi connectivity index (χ4n) is 1.00. The Morgan fingerprint density at radius 3 is 2.79 bits per heavy atom. The van der Waals surface area contributed by atoms with Gasteiger partial charge in [0, 0.05) is 24.2 Å². The van der Waals surface area contributed by atoms with Crippen LogP contribution in [0.15, 0.2) is 12.3 Å². The summed E-state index contributed by atoms with van der Waals surface area (Å²) in [7, 11) is 0. The number of rotatable bonds is 3. The summed E-state index contributed by atoms with van der Waals surface area (Å²) in [5.41, 5.74) is 16.7. The molecule has 0 amide bonds. The molecule has 6 N–H and O–H groups in total. The number of pyridine rings is 1. The second-order valence-electron chi connectivity index (χ2n) is 2.77. The molecule has 0 aromatic carbocycles. The number of hydrogen-bond acceptors (Lipinski definition) is 6. The predicted octanol–water partition coefficient (Wildman–Crippen LogP) is -0.470. The van der Waals surface area contributed by atoms with Crippen molar-refractivity contribution < 1.29 is 4.92 Å². The molecule has 1 rings (SSSR count). The summed E-state index contributed by atoms with van der Waals surface area (Å²) in [5, 5.41) is 10.4. The first-order valence-corrected chi connectivity index (χ1v) is 3.91. The van der Waals surface area contributed by atoms with E-state index in [4.69, 9.17) is 17.2 Å². The Morgan fingerprint density at radius 2 is 2.29 bits per heavy atom. The molecular weight excluding hydrogens is 186 g/mol. The zero-order valence-electron chi connectivity index (χ0n) is 7.38. The van der Waals surface area contributed by atoms with E-state index < -0.39 is 11.0 Å². The van der Waals surface area contributed by atoms with E-state index in [1.54, 1.807) is 0 Å². The monoisotopic (exact) mass is 197 g/mol. The van der Waals surface area contributed by atoms with Crippen LogP contribution in [-0.4, -0.2) is 16.5 Å². The number of nitro groups is 1. The minimum atomic E-state index is -0.556. The van der Waals surface area contributed by atoms with Crippen molar-refractivity contribution in [3.63, 3.8) is 0 Å². The van der Waals surface area contributed by atoms with E-state index in [-0.39, 0.29) is 18.1 Å². The number of aromatic nitrogens is 1. The van der Waals surface area contributed by atoms with Gasteiger partial charge in [-0.15, -0.1) is 0 Å². The van der Waals surface area contributed by atoms with Crippen LogP contribution in [0.1, 0.15) is 11.6 Å². The van der Waals surface area contributed by atoms with Crippen molar-refractivity contribution >= 4 is 11.5 Å². The van der Waals surface area contributed by atoms with E-state index in [0.717, 1.165) is 6.20 Å². The molecule has 0 radical (unpaired) electrons. The van der Waals surface area contributed by atoms with E-state index in [1.165, 1.54) is 6.07 Å². The van der Waals surface area contributed by atoms with Gasteiger partial charge >= 0.3 is 0 Å². The predicted molar refractivity (Wildman–Crippen MR) is 51.3 cm³/mol. The highest BCUT2D eigenvalue weighted by Crippen LogP contribution is 2.20. The van der Waals surface area contributed by atoms with Crippen molar-refractivity contribution in [3.8, 4) is 0 Å². The van der Waals surface area contributed by atoms with Gasteiger partial charge in [-0.2, -0.15) is 0 Å². The van der Waals surface area contributed by atoms with E-state index in [9.17, 15) is 10.1 Å². The molecule has 0 spiro atoms. The summed E-state index contributed by atoms with van der Waals surface area (Å²) in [6, 6.07) is 0.766. The largest absolute Gasteiger partial charge is 0.383 e. The molecule has 0 aliphatic rings. The van der Waals surface area contributed by atoms with Gasteiger partial charge in [0.15, 0.2) is 0 Å². The number of anilines is 1. The second-order valence-corrected chi connectivity index (χ2v) is 2.77. The maximum absolute atomic E-state index is 10.4. The van der Waals surface area contributed by atoms with Crippen molar-refractivity contribution in [2.75, 3.05) is 12.3 Å². The lowest BCUT2D eigenvalue weighted by molar-refractivity contribution is -0.385. The molecule has 1 heterocycles. The Labute approximate surface area is 80.1 Å². The number of nitrogen functional groups attached to an aromatic ring is 1. The van der Waals surface area contributed by atoms with Crippen LogP contribution in [0.5, 0.6) is 0 Å². The third kappa shape index (κ3) is 1.95. The standard InChI is InChI=1S/C7H11N5O2/c8-2-6(9)5-1-4(12(13)14)3-11-7(5)10/h1,3,6H,2,8-9H2,(H2,10,11). The molecule has 0 fully saturated rings. The van der Waals surface area contributed by atoms with Crippen molar-refractivity contribution in [1.29, 1.82) is 0 Å². The number of hydrogen-bond donors (Lipinski definition) is 3. The first kappa shape index (κ1) is 10.4. The molecule has 76 valence electrons. The Hall–Kier alpha value is -1.73. The average molecular weight is 197 g/mol. The first-order valence-electron chi connectivity index (χ1n) is 3.91. The summed E-state index contributed by atoms with van der Waals surface area (Å²) in [5.74, 6) is 0.175. The SMILES string of the molecule is NCC(N)c1cc([N+](=O)[O-])cnc1N. The number of nitrogens with two attached hydrogens (primary N) is 3. The molecule has 1 unspecified atom stereocenters. The van der Waals surface area contributed by atoms with Gasteiger partial charge < -0.3 is 17.2 Å².